The van der Waals surface area contributed by atoms with Crippen LogP contribution in [-0.4, -0.2) is 31.2 Å². The van der Waals surface area contributed by atoms with E-state index >= 15 is 0 Å². The van der Waals surface area contributed by atoms with E-state index in [0.717, 1.165) is 11.3 Å². The molecule has 1 aromatic heterocycles. The molecule has 7 heteroatoms. The van der Waals surface area contributed by atoms with Crippen molar-refractivity contribution in [1.82, 2.24) is 4.98 Å². The number of hydrogen-bond acceptors (Lipinski definition) is 6. The number of ether oxygens (including phenoxy) is 3. The predicted molar refractivity (Wildman–Crippen MR) is 118 cm³/mol. The number of nitrogens with zero attached hydrogens (tertiary/aromatic N) is 1. The Balaban J connectivity index is 1.42. The minimum atomic E-state index is -0.280. The molecule has 0 saturated heterocycles. The molecular weight excluding hydrogens is 396 g/mol. The minimum Gasteiger partial charge on any atom is -0.496 e. The molecule has 4 aromatic rings. The summed E-state index contributed by atoms with van der Waals surface area (Å²) in [6.45, 7) is 2.40. The highest BCUT2D eigenvalue weighted by Gasteiger charge is 2.13. The number of fused-ring (bicyclic) bond motifs is 1. The van der Waals surface area contributed by atoms with Gasteiger partial charge in [-0.15, -0.1) is 0 Å². The molecule has 0 radical (unpaired) electrons. The molecule has 1 amide bonds. The van der Waals surface area contributed by atoms with Crippen LogP contribution in [0.2, 0.25) is 0 Å². The number of hydrogen-bond donors (Lipinski definition) is 1. The Hall–Kier alpha value is -4.00. The van der Waals surface area contributed by atoms with Gasteiger partial charge in [-0.2, -0.15) is 0 Å². The zero-order valence-corrected chi connectivity index (χ0v) is 17.3. The monoisotopic (exact) mass is 418 g/mol. The van der Waals surface area contributed by atoms with Gasteiger partial charge < -0.3 is 23.9 Å². The second kappa shape index (κ2) is 9.21. The van der Waals surface area contributed by atoms with Gasteiger partial charge in [0.1, 0.15) is 22.8 Å². The lowest BCUT2D eigenvalue weighted by Crippen LogP contribution is -2.20. The number of para-hydroxylation sites is 1. The summed E-state index contributed by atoms with van der Waals surface area (Å²) in [5.74, 6) is 2.19. The van der Waals surface area contributed by atoms with Crippen LogP contribution in [-0.2, 0) is 4.79 Å². The van der Waals surface area contributed by atoms with Gasteiger partial charge in [0.15, 0.2) is 12.2 Å². The van der Waals surface area contributed by atoms with Gasteiger partial charge in [-0.05, 0) is 55.5 Å². The first-order valence-corrected chi connectivity index (χ1v) is 9.85. The first-order chi connectivity index (χ1) is 15.2. The number of nitrogens with one attached hydrogen (secondary N) is 1. The Morgan fingerprint density at radius 1 is 1.00 bits per heavy atom. The van der Waals surface area contributed by atoms with Crippen molar-refractivity contribution in [3.05, 3.63) is 66.7 Å². The first kappa shape index (κ1) is 20.3. The number of benzene rings is 3. The van der Waals surface area contributed by atoms with E-state index in [4.69, 9.17) is 18.6 Å². The van der Waals surface area contributed by atoms with E-state index in [1.165, 1.54) is 0 Å². The molecule has 0 atom stereocenters. The molecule has 158 valence electrons. The fourth-order valence-electron chi connectivity index (χ4n) is 3.08. The van der Waals surface area contributed by atoms with Gasteiger partial charge in [-0.1, -0.05) is 12.1 Å². The number of carbonyl (C=O) groups excluding carboxylic acids is 1. The molecule has 3 aromatic carbocycles. The molecular formula is C24H22N2O5. The van der Waals surface area contributed by atoms with Crippen molar-refractivity contribution in [2.75, 3.05) is 25.6 Å². The lowest BCUT2D eigenvalue weighted by Gasteiger charge is -2.08. The van der Waals surface area contributed by atoms with Crippen LogP contribution in [0.25, 0.3) is 22.6 Å². The van der Waals surface area contributed by atoms with Crippen molar-refractivity contribution in [2.24, 2.45) is 0 Å². The molecule has 31 heavy (non-hydrogen) atoms. The largest absolute Gasteiger partial charge is 0.496 e. The number of oxazole rings is 1. The molecule has 4 rings (SSSR count). The van der Waals surface area contributed by atoms with Gasteiger partial charge in [0.2, 0.25) is 5.89 Å². The van der Waals surface area contributed by atoms with Crippen molar-refractivity contribution in [2.45, 2.75) is 6.92 Å². The summed E-state index contributed by atoms with van der Waals surface area (Å²) < 4.78 is 22.2. The average molecular weight is 418 g/mol. The fourth-order valence-corrected chi connectivity index (χ4v) is 3.08. The van der Waals surface area contributed by atoms with Crippen LogP contribution in [0.1, 0.15) is 6.92 Å². The SMILES string of the molecule is CCOc1ccc(OCC(=O)Nc2ccc3nc(-c4ccccc4OC)oc3c2)cc1. The Bertz CT molecular complexity index is 1180. The molecule has 1 N–H and O–H groups in total. The second-order valence-corrected chi connectivity index (χ2v) is 6.64. The summed E-state index contributed by atoms with van der Waals surface area (Å²) in [6, 6.07) is 19.9. The van der Waals surface area contributed by atoms with Crippen molar-refractivity contribution < 1.29 is 23.4 Å². The van der Waals surface area contributed by atoms with Crippen LogP contribution in [0.3, 0.4) is 0 Å². The Morgan fingerprint density at radius 3 is 2.48 bits per heavy atom. The lowest BCUT2D eigenvalue weighted by molar-refractivity contribution is -0.118. The number of rotatable bonds is 8. The predicted octanol–water partition coefficient (Wildman–Crippen LogP) is 4.92. The second-order valence-electron chi connectivity index (χ2n) is 6.64. The van der Waals surface area contributed by atoms with E-state index in [2.05, 4.69) is 10.3 Å². The van der Waals surface area contributed by atoms with Gasteiger partial charge in [0.25, 0.3) is 5.91 Å². The third kappa shape index (κ3) is 4.78. The number of anilines is 1. The maximum absolute atomic E-state index is 12.3. The van der Waals surface area contributed by atoms with E-state index in [1.807, 2.05) is 31.2 Å². The molecule has 0 spiro atoms. The third-order valence-electron chi connectivity index (χ3n) is 4.51. The van der Waals surface area contributed by atoms with Crippen LogP contribution < -0.4 is 19.5 Å². The highest BCUT2D eigenvalue weighted by molar-refractivity contribution is 5.94. The summed E-state index contributed by atoms with van der Waals surface area (Å²) in [4.78, 5) is 16.8. The molecule has 0 aliphatic heterocycles. The Morgan fingerprint density at radius 2 is 1.74 bits per heavy atom. The summed E-state index contributed by atoms with van der Waals surface area (Å²) in [5, 5.41) is 2.81. The number of aromatic nitrogens is 1. The molecule has 7 nitrogen and oxygen atoms in total. The number of carbonyl (C=O) groups is 1. The Labute approximate surface area is 179 Å². The van der Waals surface area contributed by atoms with Crippen LogP contribution in [0.5, 0.6) is 17.2 Å². The van der Waals surface area contributed by atoms with E-state index in [9.17, 15) is 4.79 Å². The molecule has 0 unspecified atom stereocenters. The lowest BCUT2D eigenvalue weighted by atomic mass is 10.2. The van der Waals surface area contributed by atoms with Crippen LogP contribution in [0.4, 0.5) is 5.69 Å². The maximum atomic E-state index is 12.3. The Kier molecular flexibility index (Phi) is 6.03. The zero-order chi connectivity index (χ0) is 21.6. The normalized spacial score (nSPS) is 10.6. The minimum absolute atomic E-state index is 0.116. The molecule has 0 bridgehead atoms. The van der Waals surface area contributed by atoms with Crippen molar-refractivity contribution in [3.63, 3.8) is 0 Å². The maximum Gasteiger partial charge on any atom is 0.262 e. The average Bonchev–Trinajstić information content (AvgIpc) is 3.22. The van der Waals surface area contributed by atoms with E-state index in [-0.39, 0.29) is 12.5 Å². The van der Waals surface area contributed by atoms with Crippen molar-refractivity contribution >= 4 is 22.7 Å². The van der Waals surface area contributed by atoms with E-state index in [1.54, 1.807) is 49.6 Å². The van der Waals surface area contributed by atoms with Gasteiger partial charge in [-0.25, -0.2) is 4.98 Å². The molecule has 0 saturated carbocycles. The van der Waals surface area contributed by atoms with Gasteiger partial charge >= 0.3 is 0 Å². The summed E-state index contributed by atoms with van der Waals surface area (Å²) in [6.07, 6.45) is 0. The third-order valence-corrected chi connectivity index (χ3v) is 4.51. The quantitative estimate of drug-likeness (QED) is 0.437. The van der Waals surface area contributed by atoms with Crippen molar-refractivity contribution in [1.29, 1.82) is 0 Å². The molecule has 0 fully saturated rings. The van der Waals surface area contributed by atoms with Crippen LogP contribution in [0.15, 0.2) is 71.1 Å². The van der Waals surface area contributed by atoms with Gasteiger partial charge in [-0.3, -0.25) is 4.79 Å². The number of amides is 1. The topological polar surface area (TPSA) is 82.8 Å². The molecule has 0 aliphatic rings. The van der Waals surface area contributed by atoms with Crippen LogP contribution >= 0.6 is 0 Å². The number of methoxy groups -OCH3 is 1. The van der Waals surface area contributed by atoms with E-state index in [0.29, 0.717) is 40.8 Å². The standard InChI is InChI=1S/C24H22N2O5/c1-3-29-17-9-11-18(12-10-17)30-15-23(27)25-16-8-13-20-22(14-16)31-24(26-20)19-6-4-5-7-21(19)28-2/h4-14H,3,15H2,1-2H3,(H,25,27). The first-order valence-electron chi connectivity index (χ1n) is 9.85. The fraction of sp³-hybridized carbons (Fsp3) is 0.167. The summed E-state index contributed by atoms with van der Waals surface area (Å²) in [5.41, 5.74) is 2.60. The zero-order valence-electron chi connectivity index (χ0n) is 17.3. The summed E-state index contributed by atoms with van der Waals surface area (Å²) >= 11 is 0. The van der Waals surface area contributed by atoms with Crippen molar-refractivity contribution in [3.8, 4) is 28.7 Å². The molecule has 0 aliphatic carbocycles. The smallest absolute Gasteiger partial charge is 0.262 e. The highest BCUT2D eigenvalue weighted by atomic mass is 16.5. The van der Waals surface area contributed by atoms with E-state index < -0.39 is 0 Å². The highest BCUT2D eigenvalue weighted by Crippen LogP contribution is 2.32. The molecule has 1 heterocycles. The van der Waals surface area contributed by atoms with Gasteiger partial charge in [0.05, 0.1) is 19.3 Å². The summed E-state index contributed by atoms with van der Waals surface area (Å²) in [7, 11) is 1.60. The van der Waals surface area contributed by atoms with Crippen LogP contribution in [0, 0.1) is 0 Å². The van der Waals surface area contributed by atoms with Gasteiger partial charge in [0, 0.05) is 11.8 Å².